The lowest BCUT2D eigenvalue weighted by molar-refractivity contribution is 0.619. The van der Waals surface area contributed by atoms with E-state index in [0.717, 1.165) is 20.8 Å². The van der Waals surface area contributed by atoms with Crippen molar-refractivity contribution in [2.75, 3.05) is 5.73 Å². The number of thiazole rings is 1. The number of aromatic nitrogens is 1. The molecule has 2 nitrogen and oxygen atoms in total. The zero-order chi connectivity index (χ0) is 18.3. The first-order valence-electron chi connectivity index (χ1n) is 8.20. The van der Waals surface area contributed by atoms with E-state index in [9.17, 15) is 0 Å². The highest BCUT2D eigenvalue weighted by Gasteiger charge is 2.18. The molecule has 1 aromatic heterocycles. The van der Waals surface area contributed by atoms with Gasteiger partial charge in [0.1, 0.15) is 5.82 Å². The van der Waals surface area contributed by atoms with Crippen molar-refractivity contribution in [3.63, 3.8) is 0 Å². The van der Waals surface area contributed by atoms with Crippen molar-refractivity contribution in [3.05, 3.63) is 81.6 Å². The molecule has 0 radical (unpaired) electrons. The first-order chi connectivity index (χ1) is 12.5. The Bertz CT molecular complexity index is 1100. The molecule has 0 saturated heterocycles. The lowest BCUT2D eigenvalue weighted by atomic mass is 9.97. The Kier molecular flexibility index (Phi) is 4.39. The van der Waals surface area contributed by atoms with Crippen LogP contribution in [0.4, 0.5) is 10.1 Å². The SMILES string of the molecule is Cc1nc2c(-c3cccc(Cl)c3)c(F)c(Cc3ccc(N)cc3)cc2s1. The minimum Gasteiger partial charge on any atom is -0.399 e. The zero-order valence-corrected chi connectivity index (χ0v) is 15.7. The van der Waals surface area contributed by atoms with Gasteiger partial charge in [0.2, 0.25) is 0 Å². The number of hydrogen-bond acceptors (Lipinski definition) is 3. The van der Waals surface area contributed by atoms with Crippen molar-refractivity contribution in [2.24, 2.45) is 0 Å². The van der Waals surface area contributed by atoms with Gasteiger partial charge in [-0.15, -0.1) is 11.3 Å². The van der Waals surface area contributed by atoms with E-state index in [4.69, 9.17) is 17.3 Å². The lowest BCUT2D eigenvalue weighted by Gasteiger charge is -2.11. The van der Waals surface area contributed by atoms with E-state index in [2.05, 4.69) is 4.98 Å². The van der Waals surface area contributed by atoms with Crippen LogP contribution in [-0.4, -0.2) is 4.98 Å². The number of halogens is 2. The number of hydrogen-bond donors (Lipinski definition) is 1. The lowest BCUT2D eigenvalue weighted by Crippen LogP contribution is -1.97. The molecule has 4 aromatic rings. The first kappa shape index (κ1) is 17.0. The van der Waals surface area contributed by atoms with Gasteiger partial charge in [-0.2, -0.15) is 0 Å². The predicted molar refractivity (Wildman–Crippen MR) is 108 cm³/mol. The van der Waals surface area contributed by atoms with Gasteiger partial charge in [-0.1, -0.05) is 35.9 Å². The van der Waals surface area contributed by atoms with E-state index in [1.54, 1.807) is 23.5 Å². The van der Waals surface area contributed by atoms with Crippen molar-refractivity contribution < 1.29 is 4.39 Å². The molecule has 5 heteroatoms. The van der Waals surface area contributed by atoms with Crippen LogP contribution in [0, 0.1) is 12.7 Å². The van der Waals surface area contributed by atoms with Crippen LogP contribution < -0.4 is 5.73 Å². The fraction of sp³-hybridized carbons (Fsp3) is 0.0952. The number of aryl methyl sites for hydroxylation is 1. The fourth-order valence-corrected chi connectivity index (χ4v) is 4.19. The number of nitrogens with two attached hydrogens (primary N) is 1. The molecule has 0 bridgehead atoms. The second-order valence-corrected chi connectivity index (χ2v) is 7.90. The molecule has 130 valence electrons. The molecular weight excluding hydrogens is 367 g/mol. The van der Waals surface area contributed by atoms with Gasteiger partial charge < -0.3 is 5.73 Å². The number of fused-ring (bicyclic) bond motifs is 1. The van der Waals surface area contributed by atoms with Crippen LogP contribution in [0.1, 0.15) is 16.1 Å². The highest BCUT2D eigenvalue weighted by molar-refractivity contribution is 7.18. The van der Waals surface area contributed by atoms with Crippen molar-refractivity contribution in [3.8, 4) is 11.1 Å². The van der Waals surface area contributed by atoms with E-state index >= 15 is 4.39 Å². The summed E-state index contributed by atoms with van der Waals surface area (Å²) in [6.07, 6.45) is 0.493. The highest BCUT2D eigenvalue weighted by Crippen LogP contribution is 2.37. The second-order valence-electron chi connectivity index (χ2n) is 6.23. The number of nitrogens with zero attached hydrogens (tertiary/aromatic N) is 1. The van der Waals surface area contributed by atoms with Crippen molar-refractivity contribution >= 4 is 38.8 Å². The Morgan fingerprint density at radius 3 is 2.62 bits per heavy atom. The predicted octanol–water partition coefficient (Wildman–Crippen LogP) is 6.24. The maximum Gasteiger partial charge on any atom is 0.136 e. The molecule has 1 heterocycles. The molecule has 0 aliphatic carbocycles. The van der Waals surface area contributed by atoms with Gasteiger partial charge in [0.05, 0.1) is 15.2 Å². The Morgan fingerprint density at radius 2 is 1.88 bits per heavy atom. The third kappa shape index (κ3) is 3.18. The van der Waals surface area contributed by atoms with Crippen LogP contribution in [0.5, 0.6) is 0 Å². The molecule has 0 aliphatic heterocycles. The third-order valence-corrected chi connectivity index (χ3v) is 5.44. The average molecular weight is 383 g/mol. The Balaban J connectivity index is 1.91. The zero-order valence-electron chi connectivity index (χ0n) is 14.1. The van der Waals surface area contributed by atoms with Gasteiger partial charge in [-0.25, -0.2) is 9.37 Å². The van der Waals surface area contributed by atoms with Gasteiger partial charge >= 0.3 is 0 Å². The molecule has 0 spiro atoms. The highest BCUT2D eigenvalue weighted by atomic mass is 35.5. The minimum atomic E-state index is -0.248. The maximum atomic E-state index is 15.5. The smallest absolute Gasteiger partial charge is 0.136 e. The average Bonchev–Trinajstić information content (AvgIpc) is 2.97. The third-order valence-electron chi connectivity index (χ3n) is 4.29. The molecule has 4 rings (SSSR count). The van der Waals surface area contributed by atoms with Crippen LogP contribution in [-0.2, 0) is 6.42 Å². The summed E-state index contributed by atoms with van der Waals surface area (Å²) in [5.74, 6) is -0.248. The van der Waals surface area contributed by atoms with Crippen LogP contribution in [0.25, 0.3) is 21.3 Å². The monoisotopic (exact) mass is 382 g/mol. The van der Waals surface area contributed by atoms with E-state index in [-0.39, 0.29) is 5.82 Å². The summed E-state index contributed by atoms with van der Waals surface area (Å²) < 4.78 is 16.5. The minimum absolute atomic E-state index is 0.248. The normalized spacial score (nSPS) is 11.2. The number of benzene rings is 3. The van der Waals surface area contributed by atoms with Gasteiger partial charge in [0.25, 0.3) is 0 Å². The summed E-state index contributed by atoms with van der Waals surface area (Å²) >= 11 is 7.71. The molecule has 3 aromatic carbocycles. The Labute approximate surface area is 160 Å². The topological polar surface area (TPSA) is 38.9 Å². The maximum absolute atomic E-state index is 15.5. The summed E-state index contributed by atoms with van der Waals surface area (Å²) in [6.45, 7) is 1.93. The first-order valence-corrected chi connectivity index (χ1v) is 9.39. The number of rotatable bonds is 3. The molecule has 2 N–H and O–H groups in total. The van der Waals surface area contributed by atoms with E-state index in [1.165, 1.54) is 0 Å². The molecule has 0 saturated carbocycles. The molecule has 0 atom stereocenters. The van der Waals surface area contributed by atoms with Gasteiger partial charge in [-0.3, -0.25) is 0 Å². The molecule has 0 amide bonds. The summed E-state index contributed by atoms with van der Waals surface area (Å²) in [4.78, 5) is 4.56. The molecule has 26 heavy (non-hydrogen) atoms. The van der Waals surface area contributed by atoms with Crippen molar-refractivity contribution in [1.82, 2.24) is 4.98 Å². The van der Waals surface area contributed by atoms with Crippen molar-refractivity contribution in [2.45, 2.75) is 13.3 Å². The summed E-state index contributed by atoms with van der Waals surface area (Å²) in [7, 11) is 0. The van der Waals surface area contributed by atoms with Crippen LogP contribution in [0.2, 0.25) is 5.02 Å². The Morgan fingerprint density at radius 1 is 1.12 bits per heavy atom. The second kappa shape index (κ2) is 6.71. The quantitative estimate of drug-likeness (QED) is 0.426. The van der Waals surface area contributed by atoms with Crippen LogP contribution >= 0.6 is 22.9 Å². The van der Waals surface area contributed by atoms with Gasteiger partial charge in [-0.05, 0) is 53.9 Å². The Hall–Kier alpha value is -2.43. The molecule has 0 aliphatic rings. The largest absolute Gasteiger partial charge is 0.399 e. The molecule has 0 unspecified atom stereocenters. The molecule has 0 fully saturated rings. The number of anilines is 1. The van der Waals surface area contributed by atoms with Gasteiger partial charge in [0, 0.05) is 22.7 Å². The molecular formula is C21H16ClFN2S. The van der Waals surface area contributed by atoms with Crippen molar-refractivity contribution in [1.29, 1.82) is 0 Å². The summed E-state index contributed by atoms with van der Waals surface area (Å²) in [5, 5.41) is 1.48. The van der Waals surface area contributed by atoms with Gasteiger partial charge in [0.15, 0.2) is 0 Å². The fourth-order valence-electron chi connectivity index (χ4n) is 3.10. The summed E-state index contributed by atoms with van der Waals surface area (Å²) in [5.41, 5.74) is 10.0. The van der Waals surface area contributed by atoms with Crippen LogP contribution in [0.15, 0.2) is 54.6 Å². The number of nitrogen functional groups attached to an aromatic ring is 1. The van der Waals surface area contributed by atoms with Crippen LogP contribution in [0.3, 0.4) is 0 Å². The standard InChI is InChI=1S/C21H16ClFN2S/c1-12-25-21-18(26-12)11-15(9-13-5-7-17(24)8-6-13)20(23)19(21)14-3-2-4-16(22)10-14/h2-8,10-11H,9,24H2,1H3. The van der Waals surface area contributed by atoms with E-state index in [1.807, 2.05) is 49.4 Å². The summed E-state index contributed by atoms with van der Waals surface area (Å²) in [6, 6.07) is 16.7. The van der Waals surface area contributed by atoms with E-state index < -0.39 is 0 Å². The van der Waals surface area contributed by atoms with E-state index in [0.29, 0.717) is 33.8 Å².